The van der Waals surface area contributed by atoms with E-state index in [1.165, 1.54) is 28.0 Å². The van der Waals surface area contributed by atoms with Crippen molar-refractivity contribution in [2.75, 3.05) is 17.7 Å². The number of esters is 1. The first kappa shape index (κ1) is 25.4. The monoisotopic (exact) mass is 551 g/mol. The van der Waals surface area contributed by atoms with Crippen LogP contribution in [0.3, 0.4) is 0 Å². The Hall–Kier alpha value is -3.21. The maximum absolute atomic E-state index is 13.3. The fourth-order valence-electron chi connectivity index (χ4n) is 4.44. The third-order valence-electron chi connectivity index (χ3n) is 6.04. The van der Waals surface area contributed by atoms with E-state index in [9.17, 15) is 14.4 Å². The van der Waals surface area contributed by atoms with E-state index in [0.717, 1.165) is 35.2 Å². The zero-order chi connectivity index (χ0) is 25.9. The first-order valence-electron chi connectivity index (χ1n) is 11.9. The summed E-state index contributed by atoms with van der Waals surface area (Å²) in [5.41, 5.74) is 2.97. The smallest absolute Gasteiger partial charge is 0.341 e. The molecule has 1 aromatic carbocycles. The number of nitrogens with one attached hydrogen (secondary N) is 1. The van der Waals surface area contributed by atoms with Gasteiger partial charge in [0.2, 0.25) is 5.91 Å². The van der Waals surface area contributed by atoms with Gasteiger partial charge in [0, 0.05) is 22.4 Å². The molecule has 5 rings (SSSR count). The van der Waals surface area contributed by atoms with Gasteiger partial charge in [0.05, 0.1) is 17.7 Å². The summed E-state index contributed by atoms with van der Waals surface area (Å²) in [7, 11) is 0. The van der Waals surface area contributed by atoms with Gasteiger partial charge in [-0.2, -0.15) is 0 Å². The fourth-order valence-corrected chi connectivity index (χ4v) is 7.52. The van der Waals surface area contributed by atoms with E-state index in [2.05, 4.69) is 11.9 Å². The molecule has 190 valence electrons. The highest BCUT2D eigenvalue weighted by molar-refractivity contribution is 7.99. The number of aromatic nitrogens is 2. The molecule has 0 atom stereocenters. The maximum atomic E-state index is 13.3. The molecule has 1 aliphatic carbocycles. The number of benzene rings is 1. The van der Waals surface area contributed by atoms with Crippen molar-refractivity contribution < 1.29 is 14.3 Å². The van der Waals surface area contributed by atoms with Crippen LogP contribution in [0.15, 0.2) is 58.3 Å². The Morgan fingerprint density at radius 3 is 2.84 bits per heavy atom. The summed E-state index contributed by atoms with van der Waals surface area (Å²) in [6, 6.07) is 9.51. The van der Waals surface area contributed by atoms with Gasteiger partial charge in [-0.15, -0.1) is 29.3 Å². The van der Waals surface area contributed by atoms with E-state index in [1.807, 2.05) is 35.7 Å². The predicted octanol–water partition coefficient (Wildman–Crippen LogP) is 5.77. The highest BCUT2D eigenvalue weighted by atomic mass is 32.2. The largest absolute Gasteiger partial charge is 0.462 e. The molecule has 0 saturated carbocycles. The topological polar surface area (TPSA) is 90.3 Å². The number of fused-ring (bicyclic) bond motifs is 3. The van der Waals surface area contributed by atoms with Crippen LogP contribution in [-0.2, 0) is 28.9 Å². The van der Waals surface area contributed by atoms with E-state index in [0.29, 0.717) is 33.2 Å². The van der Waals surface area contributed by atoms with Crippen LogP contribution in [0.25, 0.3) is 21.3 Å². The molecule has 1 amide bonds. The minimum absolute atomic E-state index is 0.0288. The zero-order valence-corrected chi connectivity index (χ0v) is 22.7. The minimum Gasteiger partial charge on any atom is -0.462 e. The molecule has 0 unspecified atom stereocenters. The van der Waals surface area contributed by atoms with E-state index in [1.54, 1.807) is 28.9 Å². The molecular formula is C27H25N3O4S3. The summed E-state index contributed by atoms with van der Waals surface area (Å²) in [4.78, 5) is 45.8. The van der Waals surface area contributed by atoms with Crippen molar-refractivity contribution in [3.8, 4) is 11.1 Å². The number of carbonyl (C=O) groups is 2. The van der Waals surface area contributed by atoms with Crippen LogP contribution < -0.4 is 10.9 Å². The summed E-state index contributed by atoms with van der Waals surface area (Å²) in [6.07, 6.45) is 4.62. The number of carbonyl (C=O) groups excluding carboxylic acids is 2. The van der Waals surface area contributed by atoms with Gasteiger partial charge in [-0.05, 0) is 37.3 Å². The highest BCUT2D eigenvalue weighted by Crippen LogP contribution is 2.37. The normalized spacial score (nSPS) is 12.5. The van der Waals surface area contributed by atoms with Crippen molar-refractivity contribution in [2.45, 2.75) is 37.9 Å². The summed E-state index contributed by atoms with van der Waals surface area (Å²) >= 11 is 4.05. The molecule has 3 heterocycles. The number of rotatable bonds is 9. The van der Waals surface area contributed by atoms with Gasteiger partial charge in [0.1, 0.15) is 15.4 Å². The van der Waals surface area contributed by atoms with Crippen molar-refractivity contribution in [3.63, 3.8) is 0 Å². The Kier molecular flexibility index (Phi) is 7.59. The molecule has 7 nitrogen and oxygen atoms in total. The van der Waals surface area contributed by atoms with Crippen molar-refractivity contribution in [1.29, 1.82) is 0 Å². The van der Waals surface area contributed by atoms with Crippen LogP contribution in [-0.4, -0.2) is 33.8 Å². The number of amides is 1. The Morgan fingerprint density at radius 2 is 2.08 bits per heavy atom. The van der Waals surface area contributed by atoms with Gasteiger partial charge in [-0.1, -0.05) is 48.2 Å². The molecule has 0 aliphatic heterocycles. The summed E-state index contributed by atoms with van der Waals surface area (Å²) < 4.78 is 6.86. The second-order valence-corrected chi connectivity index (χ2v) is 11.3. The number of aryl methyl sites for hydroxylation is 2. The first-order valence-corrected chi connectivity index (χ1v) is 14.6. The lowest BCUT2D eigenvalue weighted by atomic mass is 10.0. The average Bonchev–Trinajstić information content (AvgIpc) is 3.60. The van der Waals surface area contributed by atoms with Crippen LogP contribution in [0.2, 0.25) is 0 Å². The molecular weight excluding hydrogens is 527 g/mol. The first-order chi connectivity index (χ1) is 18.0. The van der Waals surface area contributed by atoms with E-state index >= 15 is 0 Å². The standard InChI is InChI=1S/C27H25N3O4S3/c1-3-13-30-25(32)21-17-11-8-12-19(17)37-24(21)29-27(30)36-15-20(31)28-23-22(26(33)34-4-2)18(14-35-23)16-9-6-5-7-10-16/h3,5-7,9-10,14H,1,4,8,11-13,15H2,2H3,(H,28,31). The number of ether oxygens (including phenoxy) is 1. The second kappa shape index (κ2) is 11.0. The van der Waals surface area contributed by atoms with Crippen molar-refractivity contribution in [3.05, 3.63) is 74.7 Å². The number of thiophene rings is 2. The number of anilines is 1. The lowest BCUT2D eigenvalue weighted by Crippen LogP contribution is -2.24. The molecule has 0 bridgehead atoms. The zero-order valence-electron chi connectivity index (χ0n) is 20.2. The molecule has 0 radical (unpaired) electrons. The maximum Gasteiger partial charge on any atom is 0.341 e. The Morgan fingerprint density at radius 1 is 1.27 bits per heavy atom. The Bertz CT molecular complexity index is 1550. The van der Waals surface area contributed by atoms with Crippen molar-refractivity contribution >= 4 is 61.5 Å². The number of hydrogen-bond acceptors (Lipinski definition) is 8. The van der Waals surface area contributed by atoms with Crippen molar-refractivity contribution in [1.82, 2.24) is 9.55 Å². The van der Waals surface area contributed by atoms with Crippen LogP contribution >= 0.6 is 34.4 Å². The average molecular weight is 552 g/mol. The summed E-state index contributed by atoms with van der Waals surface area (Å²) in [5, 5.41) is 6.34. The predicted molar refractivity (Wildman–Crippen MR) is 151 cm³/mol. The van der Waals surface area contributed by atoms with Gasteiger partial charge >= 0.3 is 5.97 Å². The van der Waals surface area contributed by atoms with Crippen molar-refractivity contribution in [2.24, 2.45) is 0 Å². The van der Waals surface area contributed by atoms with Gasteiger partial charge in [-0.25, -0.2) is 9.78 Å². The number of thioether (sulfide) groups is 1. The summed E-state index contributed by atoms with van der Waals surface area (Å²) in [5.74, 6) is -0.755. The Labute approximate surface area is 226 Å². The molecule has 10 heteroatoms. The third kappa shape index (κ3) is 5.01. The van der Waals surface area contributed by atoms with Gasteiger partial charge in [-0.3, -0.25) is 14.2 Å². The molecule has 1 N–H and O–H groups in total. The second-order valence-electron chi connectivity index (χ2n) is 8.41. The lowest BCUT2D eigenvalue weighted by molar-refractivity contribution is -0.113. The van der Waals surface area contributed by atoms with Gasteiger partial charge < -0.3 is 10.1 Å². The minimum atomic E-state index is -0.483. The molecule has 3 aromatic heterocycles. The van der Waals surface area contributed by atoms with Crippen LogP contribution in [0, 0.1) is 0 Å². The molecule has 0 fully saturated rings. The molecule has 0 spiro atoms. The summed E-state index contributed by atoms with van der Waals surface area (Å²) in [6.45, 7) is 6.07. The molecule has 0 saturated heterocycles. The fraction of sp³-hybridized carbons (Fsp3) is 0.259. The van der Waals surface area contributed by atoms with E-state index in [-0.39, 0.29) is 23.8 Å². The highest BCUT2D eigenvalue weighted by Gasteiger charge is 2.25. The Balaban J connectivity index is 1.39. The number of nitrogens with zero attached hydrogens (tertiary/aromatic N) is 2. The third-order valence-corrected chi connectivity index (χ3v) is 9.10. The molecule has 1 aliphatic rings. The SMILES string of the molecule is C=CCn1c(SCC(=O)Nc2scc(-c3ccccc3)c2C(=O)OCC)nc2sc3c(c2c1=O)CCC3. The molecule has 4 aromatic rings. The van der Waals surface area contributed by atoms with E-state index in [4.69, 9.17) is 9.72 Å². The van der Waals surface area contributed by atoms with Gasteiger partial charge in [0.15, 0.2) is 5.16 Å². The molecule has 37 heavy (non-hydrogen) atoms. The lowest BCUT2D eigenvalue weighted by Gasteiger charge is -2.11. The number of hydrogen-bond donors (Lipinski definition) is 1. The van der Waals surface area contributed by atoms with Gasteiger partial charge in [0.25, 0.3) is 5.56 Å². The van der Waals surface area contributed by atoms with Crippen LogP contribution in [0.1, 0.15) is 34.1 Å². The number of allylic oxidation sites excluding steroid dienone is 1. The van der Waals surface area contributed by atoms with E-state index < -0.39 is 5.97 Å². The van der Waals surface area contributed by atoms with Crippen LogP contribution in [0.4, 0.5) is 5.00 Å². The quantitative estimate of drug-likeness (QED) is 0.123. The van der Waals surface area contributed by atoms with Crippen LogP contribution in [0.5, 0.6) is 0 Å².